The van der Waals surface area contributed by atoms with Crippen LogP contribution in [0.15, 0.2) is 18.2 Å². The molecule has 0 aliphatic heterocycles. The molecule has 18 heavy (non-hydrogen) atoms. The Balaban J connectivity index is 2.83. The molecular weight excluding hydrogens is 251 g/mol. The van der Waals surface area contributed by atoms with Crippen LogP contribution in [0.3, 0.4) is 0 Å². The summed E-state index contributed by atoms with van der Waals surface area (Å²) in [6, 6.07) is 3.73. The summed E-state index contributed by atoms with van der Waals surface area (Å²) in [5.74, 6) is -0.637. The summed E-state index contributed by atoms with van der Waals surface area (Å²) in [6.07, 6.45) is 1.56. The Morgan fingerprint density at radius 3 is 2.72 bits per heavy atom. The van der Waals surface area contributed by atoms with E-state index < -0.39 is 0 Å². The second-order valence-corrected chi connectivity index (χ2v) is 4.65. The minimum absolute atomic E-state index is 0.268. The third-order valence-corrected chi connectivity index (χ3v) is 2.94. The maximum atomic E-state index is 12.9. The van der Waals surface area contributed by atoms with Gasteiger partial charge >= 0.3 is 0 Å². The van der Waals surface area contributed by atoms with Gasteiger partial charge in [-0.05, 0) is 37.1 Å². The van der Waals surface area contributed by atoms with Gasteiger partial charge in [0.2, 0.25) is 0 Å². The number of hydrogen-bond acceptors (Lipinski definition) is 2. The average molecular weight is 268 g/mol. The van der Waals surface area contributed by atoms with E-state index in [4.69, 9.17) is 18.0 Å². The lowest BCUT2D eigenvalue weighted by Gasteiger charge is -2.17. The molecule has 0 aliphatic rings. The molecule has 0 saturated carbocycles. The molecule has 3 N–H and O–H groups in total. The molecule has 0 saturated heterocycles. The lowest BCUT2D eigenvalue weighted by Crippen LogP contribution is -2.43. The highest BCUT2D eigenvalue weighted by Crippen LogP contribution is 2.10. The van der Waals surface area contributed by atoms with E-state index >= 15 is 0 Å². The van der Waals surface area contributed by atoms with Crippen LogP contribution in [0.1, 0.15) is 35.7 Å². The van der Waals surface area contributed by atoms with E-state index in [2.05, 4.69) is 5.32 Å². The van der Waals surface area contributed by atoms with Crippen LogP contribution >= 0.6 is 12.2 Å². The van der Waals surface area contributed by atoms with Gasteiger partial charge in [-0.15, -0.1) is 0 Å². The van der Waals surface area contributed by atoms with Crippen molar-refractivity contribution in [2.75, 3.05) is 0 Å². The van der Waals surface area contributed by atoms with E-state index in [1.165, 1.54) is 18.2 Å². The van der Waals surface area contributed by atoms with Crippen LogP contribution in [0, 0.1) is 12.7 Å². The monoisotopic (exact) mass is 268 g/mol. The molecule has 3 nitrogen and oxygen atoms in total. The van der Waals surface area contributed by atoms with Crippen LogP contribution in [-0.2, 0) is 0 Å². The predicted molar refractivity (Wildman–Crippen MR) is 74.1 cm³/mol. The first-order valence-corrected chi connectivity index (χ1v) is 6.22. The summed E-state index contributed by atoms with van der Waals surface area (Å²) in [5.41, 5.74) is 6.60. The number of aryl methyl sites for hydroxylation is 1. The van der Waals surface area contributed by atoms with Gasteiger partial charge in [0, 0.05) is 5.56 Å². The maximum Gasteiger partial charge on any atom is 0.252 e. The average Bonchev–Trinajstić information content (AvgIpc) is 2.27. The van der Waals surface area contributed by atoms with Gasteiger partial charge in [-0.25, -0.2) is 4.39 Å². The quantitative estimate of drug-likeness (QED) is 0.806. The van der Waals surface area contributed by atoms with Crippen LogP contribution in [0.4, 0.5) is 4.39 Å². The SMILES string of the molecule is CCCC(NC(=O)c1ccc(F)cc1C)C(N)=S. The summed E-state index contributed by atoms with van der Waals surface area (Å²) >= 11 is 4.91. The summed E-state index contributed by atoms with van der Waals surface area (Å²) in [7, 11) is 0. The fourth-order valence-corrected chi connectivity index (χ4v) is 1.87. The van der Waals surface area contributed by atoms with E-state index in [0.717, 1.165) is 6.42 Å². The van der Waals surface area contributed by atoms with Gasteiger partial charge in [-0.2, -0.15) is 0 Å². The van der Waals surface area contributed by atoms with Crippen molar-refractivity contribution >= 4 is 23.1 Å². The molecule has 1 aromatic rings. The molecule has 98 valence electrons. The summed E-state index contributed by atoms with van der Waals surface area (Å²) in [4.78, 5) is 12.3. The summed E-state index contributed by atoms with van der Waals surface area (Å²) in [5, 5.41) is 2.77. The van der Waals surface area contributed by atoms with E-state index in [1.807, 2.05) is 6.92 Å². The van der Waals surface area contributed by atoms with Gasteiger partial charge in [0.1, 0.15) is 5.82 Å². The number of amides is 1. The van der Waals surface area contributed by atoms with Crippen molar-refractivity contribution in [3.05, 3.63) is 35.1 Å². The van der Waals surface area contributed by atoms with E-state index in [0.29, 0.717) is 17.5 Å². The predicted octanol–water partition coefficient (Wildman–Crippen LogP) is 2.32. The van der Waals surface area contributed by atoms with Crippen LogP contribution in [0.2, 0.25) is 0 Å². The van der Waals surface area contributed by atoms with Gasteiger partial charge in [0.25, 0.3) is 5.91 Å². The van der Waals surface area contributed by atoms with Crippen molar-refractivity contribution in [1.29, 1.82) is 0 Å². The number of hydrogen-bond donors (Lipinski definition) is 2. The van der Waals surface area contributed by atoms with E-state index in [-0.39, 0.29) is 22.8 Å². The largest absolute Gasteiger partial charge is 0.392 e. The van der Waals surface area contributed by atoms with Crippen molar-refractivity contribution in [3.63, 3.8) is 0 Å². The van der Waals surface area contributed by atoms with Crippen LogP contribution < -0.4 is 11.1 Å². The topological polar surface area (TPSA) is 55.1 Å². The second-order valence-electron chi connectivity index (χ2n) is 4.18. The Kier molecular flexibility index (Phi) is 5.22. The Morgan fingerprint density at radius 1 is 1.56 bits per heavy atom. The minimum atomic E-state index is -0.358. The molecular formula is C13H17FN2OS. The molecule has 0 fully saturated rings. The molecule has 1 atom stereocenters. The lowest BCUT2D eigenvalue weighted by molar-refractivity contribution is 0.0945. The normalized spacial score (nSPS) is 11.9. The molecule has 5 heteroatoms. The number of nitrogens with two attached hydrogens (primary N) is 1. The fraction of sp³-hybridized carbons (Fsp3) is 0.385. The summed E-state index contributed by atoms with van der Waals surface area (Å²) in [6.45, 7) is 3.67. The number of nitrogens with one attached hydrogen (secondary N) is 1. The first-order chi connectivity index (χ1) is 8.45. The Hall–Kier alpha value is -1.49. The zero-order valence-corrected chi connectivity index (χ0v) is 11.3. The van der Waals surface area contributed by atoms with Crippen LogP contribution in [-0.4, -0.2) is 16.9 Å². The lowest BCUT2D eigenvalue weighted by atomic mass is 10.1. The molecule has 0 aliphatic carbocycles. The first kappa shape index (κ1) is 14.6. The zero-order valence-electron chi connectivity index (χ0n) is 10.5. The van der Waals surface area contributed by atoms with Gasteiger partial charge in [-0.1, -0.05) is 25.6 Å². The number of benzene rings is 1. The number of carbonyl (C=O) groups excluding carboxylic acids is 1. The van der Waals surface area contributed by atoms with Crippen molar-refractivity contribution < 1.29 is 9.18 Å². The molecule has 0 aromatic heterocycles. The second kappa shape index (κ2) is 6.44. The standard InChI is InChI=1S/C13H17FN2OS/c1-3-4-11(12(15)18)16-13(17)10-6-5-9(14)7-8(10)2/h5-7,11H,3-4H2,1-2H3,(H2,15,18)(H,16,17). The highest BCUT2D eigenvalue weighted by Gasteiger charge is 2.16. The number of thiocarbonyl (C=S) groups is 1. The Morgan fingerprint density at radius 2 is 2.22 bits per heavy atom. The fourth-order valence-electron chi connectivity index (χ4n) is 1.69. The minimum Gasteiger partial charge on any atom is -0.392 e. The van der Waals surface area contributed by atoms with Crippen molar-refractivity contribution in [2.24, 2.45) is 5.73 Å². The Bertz CT molecular complexity index is 462. The van der Waals surface area contributed by atoms with E-state index in [9.17, 15) is 9.18 Å². The molecule has 1 amide bonds. The van der Waals surface area contributed by atoms with E-state index in [1.54, 1.807) is 6.92 Å². The third-order valence-electron chi connectivity index (χ3n) is 2.66. The highest BCUT2D eigenvalue weighted by atomic mass is 32.1. The first-order valence-electron chi connectivity index (χ1n) is 5.82. The maximum absolute atomic E-state index is 12.9. The Labute approximate surface area is 112 Å². The van der Waals surface area contributed by atoms with Gasteiger partial charge in [0.05, 0.1) is 11.0 Å². The van der Waals surface area contributed by atoms with Crippen LogP contribution in [0.5, 0.6) is 0 Å². The van der Waals surface area contributed by atoms with Crippen molar-refractivity contribution in [2.45, 2.75) is 32.7 Å². The molecule has 0 spiro atoms. The number of halogens is 1. The molecule has 1 aromatic carbocycles. The highest BCUT2D eigenvalue weighted by molar-refractivity contribution is 7.80. The summed E-state index contributed by atoms with van der Waals surface area (Å²) < 4.78 is 12.9. The van der Waals surface area contributed by atoms with Gasteiger partial charge < -0.3 is 11.1 Å². The number of rotatable bonds is 5. The van der Waals surface area contributed by atoms with Gasteiger partial charge in [-0.3, -0.25) is 4.79 Å². The van der Waals surface area contributed by atoms with Crippen LogP contribution in [0.25, 0.3) is 0 Å². The molecule has 0 bridgehead atoms. The molecule has 1 unspecified atom stereocenters. The molecule has 1 rings (SSSR count). The molecule has 0 heterocycles. The smallest absolute Gasteiger partial charge is 0.252 e. The number of carbonyl (C=O) groups is 1. The third kappa shape index (κ3) is 3.77. The van der Waals surface area contributed by atoms with Crippen molar-refractivity contribution in [1.82, 2.24) is 5.32 Å². The van der Waals surface area contributed by atoms with Gasteiger partial charge in [0.15, 0.2) is 0 Å². The zero-order chi connectivity index (χ0) is 13.7. The van der Waals surface area contributed by atoms with Crippen molar-refractivity contribution in [3.8, 4) is 0 Å². The molecule has 0 radical (unpaired) electrons.